The lowest BCUT2D eigenvalue weighted by atomic mass is 10.2. The summed E-state index contributed by atoms with van der Waals surface area (Å²) in [5.74, 6) is -0.232. The number of amides is 1. The van der Waals surface area contributed by atoms with Gasteiger partial charge in [0.2, 0.25) is 5.91 Å². The molecule has 0 aliphatic heterocycles. The summed E-state index contributed by atoms with van der Waals surface area (Å²) in [6, 6.07) is 2.65. The van der Waals surface area contributed by atoms with E-state index in [9.17, 15) is 4.79 Å². The van der Waals surface area contributed by atoms with Crippen LogP contribution in [0.2, 0.25) is 10.0 Å². The summed E-state index contributed by atoms with van der Waals surface area (Å²) in [4.78, 5) is 16.5. The zero-order chi connectivity index (χ0) is 15.7. The maximum atomic E-state index is 12.4. The first kappa shape index (κ1) is 15.7. The van der Waals surface area contributed by atoms with E-state index in [2.05, 4.69) is 10.3 Å². The number of benzene rings is 1. The van der Waals surface area contributed by atoms with Crippen molar-refractivity contribution in [1.29, 1.82) is 0 Å². The van der Waals surface area contributed by atoms with Crippen molar-refractivity contribution in [3.8, 4) is 0 Å². The van der Waals surface area contributed by atoms with Crippen molar-refractivity contribution in [3.05, 3.63) is 39.9 Å². The molecule has 1 atom stereocenters. The van der Waals surface area contributed by atoms with Gasteiger partial charge in [0.05, 0.1) is 27.8 Å². The molecule has 1 heterocycles. The summed E-state index contributed by atoms with van der Waals surface area (Å²) < 4.78 is 1.80. The van der Waals surface area contributed by atoms with E-state index in [1.807, 2.05) is 13.8 Å². The number of nitrogens with two attached hydrogens (primary N) is 1. The van der Waals surface area contributed by atoms with Crippen LogP contribution in [0, 0.1) is 13.8 Å². The Morgan fingerprint density at radius 2 is 1.90 bits per heavy atom. The van der Waals surface area contributed by atoms with Gasteiger partial charge >= 0.3 is 0 Å². The Morgan fingerprint density at radius 1 is 1.33 bits per heavy atom. The van der Waals surface area contributed by atoms with Gasteiger partial charge in [-0.15, -0.1) is 0 Å². The van der Waals surface area contributed by atoms with Gasteiger partial charge in [0.15, 0.2) is 0 Å². The van der Waals surface area contributed by atoms with Gasteiger partial charge in [0.25, 0.3) is 0 Å². The fourth-order valence-electron chi connectivity index (χ4n) is 1.97. The van der Waals surface area contributed by atoms with E-state index in [0.717, 1.165) is 11.4 Å². The molecule has 1 aromatic heterocycles. The van der Waals surface area contributed by atoms with Crippen LogP contribution >= 0.6 is 23.2 Å². The standard InChI is InChI=1S/C14H16Cl2N4O/c1-7-8(2)20(6-18-7)9(3)14(21)19-13-11(15)4-10(17)5-12(13)16/h4-6,9H,17H2,1-3H3,(H,19,21). The summed E-state index contributed by atoms with van der Waals surface area (Å²) in [6.07, 6.45) is 1.64. The van der Waals surface area contributed by atoms with Gasteiger partial charge in [-0.3, -0.25) is 4.79 Å². The van der Waals surface area contributed by atoms with Crippen LogP contribution in [0.15, 0.2) is 18.5 Å². The summed E-state index contributed by atoms with van der Waals surface area (Å²) in [7, 11) is 0. The van der Waals surface area contributed by atoms with Gasteiger partial charge in [-0.1, -0.05) is 23.2 Å². The van der Waals surface area contributed by atoms with Crippen molar-refractivity contribution in [2.75, 3.05) is 11.1 Å². The monoisotopic (exact) mass is 326 g/mol. The second kappa shape index (κ2) is 5.95. The number of nitrogens with zero attached hydrogens (tertiary/aromatic N) is 2. The average Bonchev–Trinajstić information content (AvgIpc) is 2.73. The SMILES string of the molecule is Cc1ncn(C(C)C(=O)Nc2c(Cl)cc(N)cc2Cl)c1C. The third kappa shape index (κ3) is 3.14. The molecule has 0 saturated carbocycles. The Labute approximate surface area is 133 Å². The van der Waals surface area contributed by atoms with Crippen LogP contribution in [0.25, 0.3) is 0 Å². The smallest absolute Gasteiger partial charge is 0.247 e. The number of aromatic nitrogens is 2. The number of aryl methyl sites for hydroxylation is 1. The first-order chi connectivity index (χ1) is 9.81. The van der Waals surface area contributed by atoms with Crippen LogP contribution in [-0.2, 0) is 4.79 Å². The third-order valence-electron chi connectivity index (χ3n) is 3.40. The lowest BCUT2D eigenvalue weighted by molar-refractivity contribution is -0.118. The number of halogens is 2. The van der Waals surface area contributed by atoms with E-state index in [0.29, 0.717) is 21.4 Å². The molecular formula is C14H16Cl2N4O. The zero-order valence-corrected chi connectivity index (χ0v) is 13.5. The maximum absolute atomic E-state index is 12.4. The van der Waals surface area contributed by atoms with Crippen LogP contribution < -0.4 is 11.1 Å². The molecule has 21 heavy (non-hydrogen) atoms. The number of imidazole rings is 1. The highest BCUT2D eigenvalue weighted by Crippen LogP contribution is 2.33. The van der Waals surface area contributed by atoms with E-state index in [1.54, 1.807) is 30.0 Å². The third-order valence-corrected chi connectivity index (χ3v) is 3.99. The summed E-state index contributed by atoms with van der Waals surface area (Å²) in [5.41, 5.74) is 8.26. The number of nitrogen functional groups attached to an aromatic ring is 1. The molecule has 0 bridgehead atoms. The molecule has 2 rings (SSSR count). The minimum atomic E-state index is -0.434. The number of rotatable bonds is 3. The van der Waals surface area contributed by atoms with Gasteiger partial charge in [0, 0.05) is 11.4 Å². The second-order valence-corrected chi connectivity index (χ2v) is 5.66. The van der Waals surface area contributed by atoms with Crippen LogP contribution in [-0.4, -0.2) is 15.5 Å². The number of hydrogen-bond donors (Lipinski definition) is 2. The highest BCUT2D eigenvalue weighted by Gasteiger charge is 2.19. The fraction of sp³-hybridized carbons (Fsp3) is 0.286. The molecule has 112 valence electrons. The molecule has 1 unspecified atom stereocenters. The van der Waals surface area contributed by atoms with E-state index in [-0.39, 0.29) is 5.91 Å². The van der Waals surface area contributed by atoms with Gasteiger partial charge in [-0.05, 0) is 32.9 Å². The number of carbonyl (C=O) groups is 1. The second-order valence-electron chi connectivity index (χ2n) is 4.85. The zero-order valence-electron chi connectivity index (χ0n) is 11.9. The molecule has 0 radical (unpaired) electrons. The number of carbonyl (C=O) groups excluding carboxylic acids is 1. The van der Waals surface area contributed by atoms with Crippen molar-refractivity contribution < 1.29 is 4.79 Å². The van der Waals surface area contributed by atoms with Crippen molar-refractivity contribution in [3.63, 3.8) is 0 Å². The van der Waals surface area contributed by atoms with Gasteiger partial charge in [0.1, 0.15) is 6.04 Å². The van der Waals surface area contributed by atoms with Crippen molar-refractivity contribution >= 4 is 40.5 Å². The molecule has 2 aromatic rings. The lowest BCUT2D eigenvalue weighted by Gasteiger charge is -2.17. The summed E-state index contributed by atoms with van der Waals surface area (Å²) >= 11 is 12.1. The average molecular weight is 327 g/mol. The van der Waals surface area contributed by atoms with E-state index >= 15 is 0 Å². The van der Waals surface area contributed by atoms with Gasteiger partial charge in [-0.25, -0.2) is 4.98 Å². The number of anilines is 2. The van der Waals surface area contributed by atoms with Crippen LogP contribution in [0.1, 0.15) is 24.4 Å². The molecule has 3 N–H and O–H groups in total. The molecule has 7 heteroatoms. The molecule has 1 amide bonds. The van der Waals surface area contributed by atoms with E-state index in [4.69, 9.17) is 28.9 Å². The minimum Gasteiger partial charge on any atom is -0.399 e. The Kier molecular flexibility index (Phi) is 4.44. The first-order valence-corrected chi connectivity index (χ1v) is 7.12. The number of hydrogen-bond acceptors (Lipinski definition) is 3. The predicted molar refractivity (Wildman–Crippen MR) is 85.9 cm³/mol. The Morgan fingerprint density at radius 3 is 2.38 bits per heavy atom. The molecule has 0 spiro atoms. The number of nitrogens with one attached hydrogen (secondary N) is 1. The molecule has 0 saturated heterocycles. The van der Waals surface area contributed by atoms with Crippen LogP contribution in [0.4, 0.5) is 11.4 Å². The largest absolute Gasteiger partial charge is 0.399 e. The Hall–Kier alpha value is -1.72. The highest BCUT2D eigenvalue weighted by atomic mass is 35.5. The Balaban J connectivity index is 2.24. The van der Waals surface area contributed by atoms with E-state index in [1.165, 1.54) is 0 Å². The molecule has 0 fully saturated rings. The van der Waals surface area contributed by atoms with Gasteiger partial charge in [-0.2, -0.15) is 0 Å². The Bertz CT molecular complexity index is 673. The summed E-state index contributed by atoms with van der Waals surface area (Å²) in [5, 5.41) is 3.34. The quantitative estimate of drug-likeness (QED) is 0.846. The summed E-state index contributed by atoms with van der Waals surface area (Å²) in [6.45, 7) is 5.59. The minimum absolute atomic E-state index is 0.232. The van der Waals surface area contributed by atoms with Crippen molar-refractivity contribution in [2.24, 2.45) is 0 Å². The molecule has 5 nitrogen and oxygen atoms in total. The molecule has 1 aromatic carbocycles. The first-order valence-electron chi connectivity index (χ1n) is 6.36. The predicted octanol–water partition coefficient (Wildman–Crippen LogP) is 3.59. The lowest BCUT2D eigenvalue weighted by Crippen LogP contribution is -2.24. The van der Waals surface area contributed by atoms with E-state index < -0.39 is 6.04 Å². The fourth-order valence-corrected chi connectivity index (χ4v) is 2.57. The van der Waals surface area contributed by atoms with Gasteiger partial charge < -0.3 is 15.6 Å². The molecule has 0 aliphatic carbocycles. The maximum Gasteiger partial charge on any atom is 0.247 e. The highest BCUT2D eigenvalue weighted by molar-refractivity contribution is 6.40. The van der Waals surface area contributed by atoms with Crippen LogP contribution in [0.3, 0.4) is 0 Å². The normalized spacial score (nSPS) is 12.2. The van der Waals surface area contributed by atoms with Crippen molar-refractivity contribution in [1.82, 2.24) is 9.55 Å². The molecular weight excluding hydrogens is 311 g/mol. The topological polar surface area (TPSA) is 72.9 Å². The molecule has 0 aliphatic rings. The van der Waals surface area contributed by atoms with Crippen molar-refractivity contribution in [2.45, 2.75) is 26.8 Å². The van der Waals surface area contributed by atoms with Crippen LogP contribution in [0.5, 0.6) is 0 Å².